The second-order valence-electron chi connectivity index (χ2n) is 3.39. The van der Waals surface area contributed by atoms with E-state index in [1.54, 1.807) is 19.1 Å². The Morgan fingerprint density at radius 2 is 2.27 bits per heavy atom. The predicted molar refractivity (Wildman–Crippen MR) is 57.8 cm³/mol. The van der Waals surface area contributed by atoms with E-state index < -0.39 is 0 Å². The second-order valence-corrected chi connectivity index (χ2v) is 3.39. The van der Waals surface area contributed by atoms with Crippen molar-refractivity contribution in [1.82, 2.24) is 0 Å². The fraction of sp³-hybridized carbons (Fsp3) is 0.364. The molecule has 0 bridgehead atoms. The Bertz CT molecular complexity index is 352. The molecule has 82 valence electrons. The number of hydrogen-bond donors (Lipinski definition) is 2. The maximum atomic E-state index is 13.1. The number of rotatable bonds is 5. The van der Waals surface area contributed by atoms with E-state index >= 15 is 0 Å². The summed E-state index contributed by atoms with van der Waals surface area (Å²) in [5, 5.41) is 7.00. The molecule has 4 heteroatoms. The van der Waals surface area contributed by atoms with Gasteiger partial charge < -0.3 is 10.5 Å². The van der Waals surface area contributed by atoms with Gasteiger partial charge in [0.25, 0.3) is 0 Å². The third kappa shape index (κ3) is 3.97. The zero-order chi connectivity index (χ0) is 11.3. The van der Waals surface area contributed by atoms with Crippen LogP contribution in [0.15, 0.2) is 18.2 Å². The van der Waals surface area contributed by atoms with Crippen molar-refractivity contribution in [3.63, 3.8) is 0 Å². The fourth-order valence-corrected chi connectivity index (χ4v) is 1.12. The Hall–Kier alpha value is -1.58. The van der Waals surface area contributed by atoms with E-state index in [9.17, 15) is 4.39 Å². The maximum Gasteiger partial charge on any atom is 0.129 e. The van der Waals surface area contributed by atoms with Gasteiger partial charge in [-0.3, -0.25) is 5.41 Å². The van der Waals surface area contributed by atoms with Crippen molar-refractivity contribution in [2.24, 2.45) is 5.73 Å². The molecule has 0 saturated heterocycles. The van der Waals surface area contributed by atoms with Crippen LogP contribution in [0.4, 0.5) is 4.39 Å². The van der Waals surface area contributed by atoms with Crippen molar-refractivity contribution in [1.29, 1.82) is 5.41 Å². The monoisotopic (exact) mass is 210 g/mol. The Morgan fingerprint density at radius 1 is 1.53 bits per heavy atom. The highest BCUT2D eigenvalue weighted by Crippen LogP contribution is 2.15. The summed E-state index contributed by atoms with van der Waals surface area (Å²) in [6.45, 7) is 2.15. The zero-order valence-corrected chi connectivity index (χ0v) is 8.72. The Kier molecular flexibility index (Phi) is 4.09. The van der Waals surface area contributed by atoms with Crippen LogP contribution >= 0.6 is 0 Å². The number of benzene rings is 1. The lowest BCUT2D eigenvalue weighted by Crippen LogP contribution is -2.11. The van der Waals surface area contributed by atoms with Crippen LogP contribution in [0.1, 0.15) is 18.4 Å². The number of halogens is 1. The first-order chi connectivity index (χ1) is 7.09. The summed E-state index contributed by atoms with van der Waals surface area (Å²) < 4.78 is 18.4. The molecule has 3 nitrogen and oxygen atoms in total. The molecule has 0 aromatic heterocycles. The molecule has 3 N–H and O–H groups in total. The minimum Gasteiger partial charge on any atom is -0.493 e. The molecule has 0 unspecified atom stereocenters. The van der Waals surface area contributed by atoms with Crippen LogP contribution in [0.3, 0.4) is 0 Å². The lowest BCUT2D eigenvalue weighted by molar-refractivity contribution is 0.311. The van der Waals surface area contributed by atoms with E-state index in [1.165, 1.54) is 6.07 Å². The molecule has 0 aliphatic carbocycles. The normalized spacial score (nSPS) is 10.0. The molecule has 0 radical (unpaired) electrons. The SMILES string of the molecule is Cc1ccc(OCCCC(=N)N)cc1F. The van der Waals surface area contributed by atoms with Crippen molar-refractivity contribution in [3.8, 4) is 5.75 Å². The predicted octanol–water partition coefficient (Wildman–Crippen LogP) is 2.23. The van der Waals surface area contributed by atoms with Gasteiger partial charge in [0.2, 0.25) is 0 Å². The third-order valence-electron chi connectivity index (χ3n) is 2.00. The summed E-state index contributed by atoms with van der Waals surface area (Å²) >= 11 is 0. The minimum absolute atomic E-state index is 0.147. The first kappa shape index (κ1) is 11.5. The van der Waals surface area contributed by atoms with Crippen LogP contribution in [0, 0.1) is 18.2 Å². The number of ether oxygens (including phenoxy) is 1. The van der Waals surface area contributed by atoms with Gasteiger partial charge in [0.05, 0.1) is 12.4 Å². The average Bonchev–Trinajstić information content (AvgIpc) is 2.18. The molecule has 0 aliphatic heterocycles. The van der Waals surface area contributed by atoms with Crippen molar-refractivity contribution in [2.45, 2.75) is 19.8 Å². The highest BCUT2D eigenvalue weighted by Gasteiger charge is 2.00. The Morgan fingerprint density at radius 3 is 2.87 bits per heavy atom. The molecule has 0 atom stereocenters. The largest absolute Gasteiger partial charge is 0.493 e. The summed E-state index contributed by atoms with van der Waals surface area (Å²) in [7, 11) is 0. The molecule has 1 aromatic rings. The third-order valence-corrected chi connectivity index (χ3v) is 2.00. The van der Waals surface area contributed by atoms with E-state index in [0.29, 0.717) is 30.8 Å². The van der Waals surface area contributed by atoms with Crippen molar-refractivity contribution in [2.75, 3.05) is 6.61 Å². The lowest BCUT2D eigenvalue weighted by atomic mass is 10.2. The van der Waals surface area contributed by atoms with Gasteiger partial charge in [0, 0.05) is 12.5 Å². The summed E-state index contributed by atoms with van der Waals surface area (Å²) in [6.07, 6.45) is 1.18. The van der Waals surface area contributed by atoms with Gasteiger partial charge in [0.1, 0.15) is 11.6 Å². The van der Waals surface area contributed by atoms with E-state index in [2.05, 4.69) is 0 Å². The van der Waals surface area contributed by atoms with Crippen molar-refractivity contribution >= 4 is 5.84 Å². The molecule has 0 saturated carbocycles. The molecule has 1 aromatic carbocycles. The van der Waals surface area contributed by atoms with Crippen LogP contribution in [-0.2, 0) is 0 Å². The number of aryl methyl sites for hydroxylation is 1. The smallest absolute Gasteiger partial charge is 0.129 e. The summed E-state index contributed by atoms with van der Waals surface area (Å²) in [4.78, 5) is 0. The standard InChI is InChI=1S/C11H15FN2O/c1-8-4-5-9(7-10(8)12)15-6-2-3-11(13)14/h4-5,7H,2-3,6H2,1H3,(H3,13,14). The van der Waals surface area contributed by atoms with E-state index in [0.717, 1.165) is 0 Å². The zero-order valence-electron chi connectivity index (χ0n) is 8.72. The molecule has 0 aliphatic rings. The Balaban J connectivity index is 2.38. The van der Waals surface area contributed by atoms with Gasteiger partial charge in [-0.05, 0) is 25.0 Å². The minimum atomic E-state index is -0.265. The highest BCUT2D eigenvalue weighted by molar-refractivity contribution is 5.76. The molecule has 0 amide bonds. The molecule has 1 rings (SSSR count). The van der Waals surface area contributed by atoms with Gasteiger partial charge in [-0.1, -0.05) is 6.07 Å². The molecular formula is C11H15FN2O. The van der Waals surface area contributed by atoms with Gasteiger partial charge >= 0.3 is 0 Å². The summed E-state index contributed by atoms with van der Waals surface area (Å²) in [5.41, 5.74) is 5.79. The number of amidine groups is 1. The van der Waals surface area contributed by atoms with Crippen LogP contribution in [0.5, 0.6) is 5.75 Å². The number of nitrogens with one attached hydrogen (secondary N) is 1. The molecule has 0 heterocycles. The van der Waals surface area contributed by atoms with Gasteiger partial charge in [-0.15, -0.1) is 0 Å². The van der Waals surface area contributed by atoms with Gasteiger partial charge in [-0.25, -0.2) is 4.39 Å². The Labute approximate surface area is 88.6 Å². The maximum absolute atomic E-state index is 13.1. The summed E-state index contributed by atoms with van der Waals surface area (Å²) in [6, 6.07) is 4.77. The average molecular weight is 210 g/mol. The second kappa shape index (κ2) is 5.34. The lowest BCUT2D eigenvalue weighted by Gasteiger charge is -2.06. The molecular weight excluding hydrogens is 195 g/mol. The van der Waals surface area contributed by atoms with E-state index in [-0.39, 0.29) is 11.7 Å². The first-order valence-corrected chi connectivity index (χ1v) is 4.81. The first-order valence-electron chi connectivity index (χ1n) is 4.81. The van der Waals surface area contributed by atoms with Gasteiger partial charge in [-0.2, -0.15) is 0 Å². The van der Waals surface area contributed by atoms with Crippen molar-refractivity contribution in [3.05, 3.63) is 29.6 Å². The fourth-order valence-electron chi connectivity index (χ4n) is 1.12. The van der Waals surface area contributed by atoms with Crippen LogP contribution < -0.4 is 10.5 Å². The van der Waals surface area contributed by atoms with E-state index in [1.807, 2.05) is 0 Å². The number of nitrogens with two attached hydrogens (primary N) is 1. The molecule has 0 fully saturated rings. The van der Waals surface area contributed by atoms with Crippen LogP contribution in [0.2, 0.25) is 0 Å². The van der Waals surface area contributed by atoms with Crippen LogP contribution in [-0.4, -0.2) is 12.4 Å². The quantitative estimate of drug-likeness (QED) is 0.445. The topological polar surface area (TPSA) is 59.1 Å². The molecule has 0 spiro atoms. The van der Waals surface area contributed by atoms with Crippen LogP contribution in [0.25, 0.3) is 0 Å². The molecule has 15 heavy (non-hydrogen) atoms. The van der Waals surface area contributed by atoms with E-state index in [4.69, 9.17) is 15.9 Å². The van der Waals surface area contributed by atoms with Gasteiger partial charge in [0.15, 0.2) is 0 Å². The summed E-state index contributed by atoms with van der Waals surface area (Å²) in [5.74, 6) is 0.398. The van der Waals surface area contributed by atoms with Crippen molar-refractivity contribution < 1.29 is 9.13 Å². The number of hydrogen-bond acceptors (Lipinski definition) is 2. The highest BCUT2D eigenvalue weighted by atomic mass is 19.1.